The molecular formula is C8H12F2N2O. The fourth-order valence-corrected chi connectivity index (χ4v) is 2.08. The number of hydrogen-bond donors (Lipinski definition) is 1. The molecule has 0 unspecified atom stereocenters. The van der Waals surface area contributed by atoms with Crippen LogP contribution < -0.4 is 5.73 Å². The second-order valence-corrected chi connectivity index (χ2v) is 3.99. The number of likely N-dealkylation sites (tertiary alicyclic amines) is 1. The monoisotopic (exact) mass is 190 g/mol. The highest BCUT2D eigenvalue weighted by atomic mass is 19.3. The van der Waals surface area contributed by atoms with Gasteiger partial charge in [-0.2, -0.15) is 0 Å². The number of nitrogens with zero attached hydrogens (tertiary/aromatic N) is 1. The SMILES string of the molecule is NC(=O)N1CCC2(CC1)CC2(F)F. The van der Waals surface area contributed by atoms with Crippen molar-refractivity contribution < 1.29 is 13.6 Å². The summed E-state index contributed by atoms with van der Waals surface area (Å²) in [5, 5.41) is 0. The van der Waals surface area contributed by atoms with Crippen LogP contribution in [-0.4, -0.2) is 29.9 Å². The van der Waals surface area contributed by atoms with Crippen LogP contribution in [0.5, 0.6) is 0 Å². The van der Waals surface area contributed by atoms with Crippen molar-refractivity contribution in [2.45, 2.75) is 25.2 Å². The van der Waals surface area contributed by atoms with Crippen molar-refractivity contribution >= 4 is 6.03 Å². The number of hydrogen-bond acceptors (Lipinski definition) is 1. The first-order valence-electron chi connectivity index (χ1n) is 4.39. The first-order valence-corrected chi connectivity index (χ1v) is 4.39. The van der Waals surface area contributed by atoms with E-state index in [9.17, 15) is 13.6 Å². The lowest BCUT2D eigenvalue weighted by atomic mass is 9.93. The van der Waals surface area contributed by atoms with E-state index in [1.54, 1.807) is 0 Å². The van der Waals surface area contributed by atoms with Gasteiger partial charge in [-0.15, -0.1) is 0 Å². The highest BCUT2D eigenvalue weighted by Gasteiger charge is 2.70. The van der Waals surface area contributed by atoms with Gasteiger partial charge >= 0.3 is 6.03 Å². The third-order valence-corrected chi connectivity index (χ3v) is 3.24. The molecule has 0 aromatic heterocycles. The molecule has 2 amide bonds. The van der Waals surface area contributed by atoms with Crippen LogP contribution in [0.4, 0.5) is 13.6 Å². The maximum Gasteiger partial charge on any atom is 0.314 e. The van der Waals surface area contributed by atoms with E-state index in [2.05, 4.69) is 0 Å². The first kappa shape index (κ1) is 8.72. The molecule has 1 saturated heterocycles. The van der Waals surface area contributed by atoms with Crippen LogP contribution in [0.1, 0.15) is 19.3 Å². The summed E-state index contributed by atoms with van der Waals surface area (Å²) in [7, 11) is 0. The van der Waals surface area contributed by atoms with E-state index in [1.165, 1.54) is 4.90 Å². The molecule has 2 fully saturated rings. The predicted molar refractivity (Wildman–Crippen MR) is 42.4 cm³/mol. The van der Waals surface area contributed by atoms with Crippen LogP contribution in [0.3, 0.4) is 0 Å². The van der Waals surface area contributed by atoms with Crippen LogP contribution in [0.15, 0.2) is 0 Å². The Balaban J connectivity index is 1.95. The number of primary amides is 1. The van der Waals surface area contributed by atoms with Crippen molar-refractivity contribution in [3.63, 3.8) is 0 Å². The van der Waals surface area contributed by atoms with Crippen molar-refractivity contribution in [2.24, 2.45) is 11.1 Å². The van der Waals surface area contributed by atoms with Crippen LogP contribution in [0, 0.1) is 5.41 Å². The maximum atomic E-state index is 12.9. The van der Waals surface area contributed by atoms with Gasteiger partial charge in [0.2, 0.25) is 0 Å². The molecular weight excluding hydrogens is 178 g/mol. The number of nitrogens with two attached hydrogens (primary N) is 1. The van der Waals surface area contributed by atoms with Crippen molar-refractivity contribution in [3.8, 4) is 0 Å². The van der Waals surface area contributed by atoms with Crippen molar-refractivity contribution in [3.05, 3.63) is 0 Å². The fourth-order valence-electron chi connectivity index (χ4n) is 2.08. The van der Waals surface area contributed by atoms with Crippen molar-refractivity contribution in [1.82, 2.24) is 4.90 Å². The summed E-state index contributed by atoms with van der Waals surface area (Å²) in [6.07, 6.45) is 0.776. The Morgan fingerprint density at radius 3 is 2.08 bits per heavy atom. The zero-order valence-electron chi connectivity index (χ0n) is 7.22. The van der Waals surface area contributed by atoms with Gasteiger partial charge in [0.1, 0.15) is 0 Å². The minimum absolute atomic E-state index is 0.00734. The Morgan fingerprint density at radius 2 is 1.77 bits per heavy atom. The molecule has 1 heterocycles. The van der Waals surface area contributed by atoms with E-state index >= 15 is 0 Å². The summed E-state index contributed by atoms with van der Waals surface area (Å²) >= 11 is 0. The summed E-state index contributed by atoms with van der Waals surface area (Å²) in [6.45, 7) is 0.760. The molecule has 1 spiro atoms. The van der Waals surface area contributed by atoms with Gasteiger partial charge in [-0.1, -0.05) is 0 Å². The number of urea groups is 1. The van der Waals surface area contributed by atoms with Crippen LogP contribution in [-0.2, 0) is 0 Å². The molecule has 0 aromatic carbocycles. The first-order chi connectivity index (χ1) is 5.97. The normalized spacial score (nSPS) is 28.9. The number of alkyl halides is 2. The van der Waals surface area contributed by atoms with Crippen LogP contribution >= 0.6 is 0 Å². The third-order valence-electron chi connectivity index (χ3n) is 3.24. The minimum Gasteiger partial charge on any atom is -0.351 e. The minimum atomic E-state index is -2.49. The Hall–Kier alpha value is -0.870. The van der Waals surface area contributed by atoms with Gasteiger partial charge in [0.25, 0.3) is 5.92 Å². The summed E-state index contributed by atoms with van der Waals surface area (Å²) in [6, 6.07) is -0.501. The van der Waals surface area contributed by atoms with E-state index in [0.717, 1.165) is 0 Å². The molecule has 0 radical (unpaired) electrons. The van der Waals surface area contributed by atoms with Gasteiger partial charge in [0.05, 0.1) is 0 Å². The smallest absolute Gasteiger partial charge is 0.314 e. The summed E-state index contributed by atoms with van der Waals surface area (Å²) in [5.74, 6) is -2.49. The molecule has 1 aliphatic heterocycles. The fraction of sp³-hybridized carbons (Fsp3) is 0.875. The third kappa shape index (κ3) is 1.17. The Labute approximate surface area is 74.9 Å². The lowest BCUT2D eigenvalue weighted by molar-refractivity contribution is 0.0377. The predicted octanol–water partition coefficient (Wildman–Crippen LogP) is 1.19. The topological polar surface area (TPSA) is 46.3 Å². The van der Waals surface area contributed by atoms with E-state index in [-0.39, 0.29) is 6.42 Å². The second kappa shape index (κ2) is 2.33. The molecule has 13 heavy (non-hydrogen) atoms. The van der Waals surface area contributed by atoms with Crippen molar-refractivity contribution in [2.75, 3.05) is 13.1 Å². The highest BCUT2D eigenvalue weighted by Crippen LogP contribution is 2.65. The molecule has 5 heteroatoms. The molecule has 0 bridgehead atoms. The molecule has 1 saturated carbocycles. The molecule has 0 atom stereocenters. The Bertz CT molecular complexity index is 247. The van der Waals surface area contributed by atoms with Gasteiger partial charge < -0.3 is 10.6 Å². The van der Waals surface area contributed by atoms with Gasteiger partial charge in [-0.05, 0) is 12.8 Å². The summed E-state index contributed by atoms with van der Waals surface area (Å²) in [5.41, 5.74) is 4.25. The number of amides is 2. The number of rotatable bonds is 0. The quantitative estimate of drug-likeness (QED) is 0.612. The molecule has 0 aromatic rings. The van der Waals surface area contributed by atoms with Gasteiger partial charge in [-0.25, -0.2) is 13.6 Å². The lowest BCUT2D eigenvalue weighted by Crippen LogP contribution is -2.43. The van der Waals surface area contributed by atoms with Crippen LogP contribution in [0.25, 0.3) is 0 Å². The van der Waals surface area contributed by atoms with E-state index in [4.69, 9.17) is 5.73 Å². The van der Waals surface area contributed by atoms with E-state index in [0.29, 0.717) is 25.9 Å². The number of carbonyl (C=O) groups is 1. The average molecular weight is 190 g/mol. The van der Waals surface area contributed by atoms with Crippen LogP contribution in [0.2, 0.25) is 0 Å². The standard InChI is InChI=1S/C8H12F2N2O/c9-8(10)5-7(8)1-3-12(4-2-7)6(11)13/h1-5H2,(H2,11,13). The van der Waals surface area contributed by atoms with Gasteiger partial charge in [0.15, 0.2) is 0 Å². The number of halogens is 2. The molecule has 2 N–H and O–H groups in total. The largest absolute Gasteiger partial charge is 0.351 e. The highest BCUT2D eigenvalue weighted by molar-refractivity contribution is 5.72. The maximum absolute atomic E-state index is 12.9. The van der Waals surface area contributed by atoms with E-state index < -0.39 is 17.4 Å². The number of carbonyl (C=O) groups excluding carboxylic acids is 1. The van der Waals surface area contributed by atoms with Gasteiger partial charge in [-0.3, -0.25) is 0 Å². The number of piperidine rings is 1. The van der Waals surface area contributed by atoms with E-state index in [1.807, 2.05) is 0 Å². The molecule has 2 rings (SSSR count). The van der Waals surface area contributed by atoms with Gasteiger partial charge in [0, 0.05) is 24.9 Å². The summed E-state index contributed by atoms with van der Waals surface area (Å²) < 4.78 is 25.7. The molecule has 2 aliphatic rings. The molecule has 3 nitrogen and oxygen atoms in total. The second-order valence-electron chi connectivity index (χ2n) is 3.99. The summed E-state index contributed by atoms with van der Waals surface area (Å²) in [4.78, 5) is 12.1. The Kier molecular flexibility index (Phi) is 1.56. The van der Waals surface area contributed by atoms with Crippen molar-refractivity contribution in [1.29, 1.82) is 0 Å². The lowest BCUT2D eigenvalue weighted by Gasteiger charge is -2.30. The molecule has 1 aliphatic carbocycles. The average Bonchev–Trinajstić information content (AvgIpc) is 2.53. The molecule has 74 valence electrons. The zero-order valence-corrected chi connectivity index (χ0v) is 7.22. The zero-order chi connectivity index (χ0) is 9.69. The Morgan fingerprint density at radius 1 is 1.31 bits per heavy atom.